The van der Waals surface area contributed by atoms with E-state index in [-0.39, 0.29) is 18.5 Å². The minimum absolute atomic E-state index is 0.0396. The van der Waals surface area contributed by atoms with Crippen LogP contribution in [0.2, 0.25) is 0 Å². The number of hydrogen-bond donors (Lipinski definition) is 2. The highest BCUT2D eigenvalue weighted by Gasteiger charge is 2.18. The Kier molecular flexibility index (Phi) is 6.68. The molecule has 0 aliphatic carbocycles. The molecule has 6 heteroatoms. The van der Waals surface area contributed by atoms with Crippen molar-refractivity contribution in [1.82, 2.24) is 4.90 Å². The molecule has 1 aromatic carbocycles. The van der Waals surface area contributed by atoms with E-state index in [1.165, 1.54) is 0 Å². The second-order valence-electron chi connectivity index (χ2n) is 4.79. The van der Waals surface area contributed by atoms with Gasteiger partial charge in [-0.2, -0.15) is 0 Å². The average Bonchev–Trinajstić information content (AvgIpc) is 2.39. The Labute approximate surface area is 124 Å². The molecule has 0 aromatic heterocycles. The maximum atomic E-state index is 12.2. The Hall–Kier alpha value is -2.08. The van der Waals surface area contributed by atoms with Crippen molar-refractivity contribution in [3.05, 3.63) is 29.8 Å². The molecular formula is C15H22N2O4. The fraction of sp³-hybridized carbons (Fsp3) is 0.467. The molecule has 0 aliphatic rings. The smallest absolute Gasteiger partial charge is 0.322 e. The molecular weight excluding hydrogens is 272 g/mol. The molecule has 116 valence electrons. The number of methoxy groups -OCH3 is 1. The van der Waals surface area contributed by atoms with Crippen LogP contribution in [0.4, 0.5) is 10.5 Å². The number of urea groups is 1. The van der Waals surface area contributed by atoms with Crippen molar-refractivity contribution in [3.8, 4) is 0 Å². The van der Waals surface area contributed by atoms with Gasteiger partial charge in [-0.25, -0.2) is 4.79 Å². The van der Waals surface area contributed by atoms with Crippen LogP contribution in [0.1, 0.15) is 19.4 Å². The van der Waals surface area contributed by atoms with Crippen molar-refractivity contribution in [2.75, 3.05) is 25.6 Å². The maximum Gasteiger partial charge on any atom is 0.322 e. The summed E-state index contributed by atoms with van der Waals surface area (Å²) in [6.07, 6.45) is -0.0682. The third-order valence-electron chi connectivity index (χ3n) is 3.08. The summed E-state index contributed by atoms with van der Waals surface area (Å²) in [5, 5.41) is 11.6. The molecule has 0 saturated heterocycles. The predicted molar refractivity (Wildman–Crippen MR) is 80.5 cm³/mol. The van der Waals surface area contributed by atoms with Crippen LogP contribution in [-0.2, 0) is 16.0 Å². The molecule has 0 aliphatic heterocycles. The van der Waals surface area contributed by atoms with E-state index >= 15 is 0 Å². The minimum Gasteiger partial charge on any atom is -0.481 e. The van der Waals surface area contributed by atoms with Gasteiger partial charge in [-0.3, -0.25) is 4.79 Å². The zero-order valence-electron chi connectivity index (χ0n) is 12.6. The van der Waals surface area contributed by atoms with Crippen LogP contribution in [0.5, 0.6) is 0 Å². The fourth-order valence-corrected chi connectivity index (χ4v) is 2.12. The molecule has 0 fully saturated rings. The first-order chi connectivity index (χ1) is 9.97. The number of amides is 2. The Bertz CT molecular complexity index is 490. The second-order valence-corrected chi connectivity index (χ2v) is 4.79. The van der Waals surface area contributed by atoms with Crippen molar-refractivity contribution < 1.29 is 19.4 Å². The normalized spacial score (nSPS) is 11.8. The number of hydrogen-bond acceptors (Lipinski definition) is 3. The van der Waals surface area contributed by atoms with Gasteiger partial charge in [0.05, 0.1) is 19.1 Å². The van der Waals surface area contributed by atoms with Crippen molar-refractivity contribution >= 4 is 17.7 Å². The lowest BCUT2D eigenvalue weighted by molar-refractivity contribution is -0.136. The average molecular weight is 294 g/mol. The van der Waals surface area contributed by atoms with Crippen molar-refractivity contribution in [2.24, 2.45) is 0 Å². The maximum absolute atomic E-state index is 12.2. The van der Waals surface area contributed by atoms with E-state index in [9.17, 15) is 9.59 Å². The van der Waals surface area contributed by atoms with Crippen LogP contribution in [0.25, 0.3) is 0 Å². The third kappa shape index (κ3) is 5.43. The number of aliphatic carboxylic acids is 1. The zero-order valence-corrected chi connectivity index (χ0v) is 12.6. The third-order valence-corrected chi connectivity index (χ3v) is 3.08. The number of carbonyl (C=O) groups excluding carboxylic acids is 1. The summed E-state index contributed by atoms with van der Waals surface area (Å²) >= 11 is 0. The largest absolute Gasteiger partial charge is 0.481 e. The molecule has 2 N–H and O–H groups in total. The number of ether oxygens (including phenoxy) is 1. The van der Waals surface area contributed by atoms with E-state index < -0.39 is 5.97 Å². The molecule has 1 unspecified atom stereocenters. The summed E-state index contributed by atoms with van der Waals surface area (Å²) in [5.41, 5.74) is 1.23. The number of carbonyl (C=O) groups is 2. The molecule has 0 radical (unpaired) electrons. The number of carboxylic acids is 1. The van der Waals surface area contributed by atoms with Crippen molar-refractivity contribution in [2.45, 2.75) is 26.3 Å². The topological polar surface area (TPSA) is 78.9 Å². The lowest BCUT2D eigenvalue weighted by atomic mass is 10.1. The summed E-state index contributed by atoms with van der Waals surface area (Å²) in [6, 6.07) is 6.58. The predicted octanol–water partition coefficient (Wildman–Crippen LogP) is 2.20. The summed E-state index contributed by atoms with van der Waals surface area (Å²) in [4.78, 5) is 24.6. The monoisotopic (exact) mass is 294 g/mol. The number of anilines is 1. The van der Waals surface area contributed by atoms with Gasteiger partial charge in [-0.15, -0.1) is 0 Å². The highest BCUT2D eigenvalue weighted by atomic mass is 16.5. The number of likely N-dealkylation sites (N-methyl/N-ethyl adjacent to an activating group) is 1. The van der Waals surface area contributed by atoms with Gasteiger partial charge >= 0.3 is 12.0 Å². The van der Waals surface area contributed by atoms with E-state index in [0.29, 0.717) is 24.4 Å². The lowest BCUT2D eigenvalue weighted by Crippen LogP contribution is -2.43. The van der Waals surface area contributed by atoms with Gasteiger partial charge in [0.25, 0.3) is 0 Å². The number of nitrogens with one attached hydrogen (secondary N) is 1. The standard InChI is InChI=1S/C15H22N2O4/c1-4-17(11(2)10-21-3)15(20)16-13-7-5-6-12(8-13)9-14(18)19/h5-8,11H,4,9-10H2,1-3H3,(H,16,20)(H,18,19). The summed E-state index contributed by atoms with van der Waals surface area (Å²) < 4.78 is 5.06. The van der Waals surface area contributed by atoms with Gasteiger partial charge in [-0.1, -0.05) is 12.1 Å². The second kappa shape index (κ2) is 8.26. The molecule has 0 saturated carbocycles. The molecule has 6 nitrogen and oxygen atoms in total. The van der Waals surface area contributed by atoms with Crippen LogP contribution in [0, 0.1) is 0 Å². The summed E-state index contributed by atoms with van der Waals surface area (Å²) in [6.45, 7) is 4.82. The van der Waals surface area contributed by atoms with E-state index in [0.717, 1.165) is 0 Å². The molecule has 1 rings (SSSR count). The van der Waals surface area contributed by atoms with Gasteiger partial charge < -0.3 is 20.1 Å². The Morgan fingerprint density at radius 2 is 2.14 bits per heavy atom. The molecule has 21 heavy (non-hydrogen) atoms. The van der Waals surface area contributed by atoms with Crippen molar-refractivity contribution in [3.63, 3.8) is 0 Å². The van der Waals surface area contributed by atoms with Crippen LogP contribution in [0.3, 0.4) is 0 Å². The molecule has 0 spiro atoms. The number of nitrogens with zero attached hydrogens (tertiary/aromatic N) is 1. The van der Waals surface area contributed by atoms with Gasteiger partial charge in [0.2, 0.25) is 0 Å². The van der Waals surface area contributed by atoms with Gasteiger partial charge in [0.15, 0.2) is 0 Å². The Morgan fingerprint density at radius 3 is 2.71 bits per heavy atom. The fourth-order valence-electron chi connectivity index (χ4n) is 2.12. The highest BCUT2D eigenvalue weighted by Crippen LogP contribution is 2.13. The SMILES string of the molecule is CCN(C(=O)Nc1cccc(CC(=O)O)c1)C(C)COC. The highest BCUT2D eigenvalue weighted by molar-refractivity contribution is 5.89. The van der Waals surface area contributed by atoms with Crippen LogP contribution >= 0.6 is 0 Å². The van der Waals surface area contributed by atoms with Crippen LogP contribution in [-0.4, -0.2) is 48.3 Å². The molecule has 0 bridgehead atoms. The first kappa shape index (κ1) is 17.0. The number of carboxylic acid groups (broad SMARTS) is 1. The van der Waals surface area contributed by atoms with Gasteiger partial charge in [0, 0.05) is 19.3 Å². The van der Waals surface area contributed by atoms with E-state index in [1.54, 1.807) is 36.3 Å². The molecule has 2 amide bonds. The summed E-state index contributed by atoms with van der Waals surface area (Å²) in [5.74, 6) is -0.901. The minimum atomic E-state index is -0.901. The van der Waals surface area contributed by atoms with E-state index in [2.05, 4.69) is 5.32 Å². The molecule has 1 aromatic rings. The first-order valence-electron chi connectivity index (χ1n) is 6.85. The van der Waals surface area contributed by atoms with E-state index in [1.807, 2.05) is 13.8 Å². The van der Waals surface area contributed by atoms with Gasteiger partial charge in [0.1, 0.15) is 0 Å². The summed E-state index contributed by atoms with van der Waals surface area (Å²) in [7, 11) is 1.59. The zero-order chi connectivity index (χ0) is 15.8. The quantitative estimate of drug-likeness (QED) is 0.808. The Morgan fingerprint density at radius 1 is 1.43 bits per heavy atom. The Balaban J connectivity index is 2.74. The van der Waals surface area contributed by atoms with Gasteiger partial charge in [-0.05, 0) is 31.5 Å². The number of rotatable bonds is 7. The van der Waals surface area contributed by atoms with Crippen LogP contribution in [0.15, 0.2) is 24.3 Å². The number of benzene rings is 1. The molecule has 1 atom stereocenters. The molecule has 0 heterocycles. The lowest BCUT2D eigenvalue weighted by Gasteiger charge is -2.27. The van der Waals surface area contributed by atoms with Crippen LogP contribution < -0.4 is 5.32 Å². The van der Waals surface area contributed by atoms with E-state index in [4.69, 9.17) is 9.84 Å². The first-order valence-corrected chi connectivity index (χ1v) is 6.85. The van der Waals surface area contributed by atoms with Crippen molar-refractivity contribution in [1.29, 1.82) is 0 Å².